The lowest BCUT2D eigenvalue weighted by molar-refractivity contribution is -0.145. The topological polar surface area (TPSA) is 84.4 Å². The molecule has 1 fully saturated rings. The first kappa shape index (κ1) is 22.4. The van der Waals surface area contributed by atoms with Crippen molar-refractivity contribution in [1.82, 2.24) is 15.5 Å². The van der Waals surface area contributed by atoms with Crippen LogP contribution in [0.15, 0.2) is 4.99 Å². The predicted octanol–water partition coefficient (Wildman–Crippen LogP) is 0.0273. The highest BCUT2D eigenvalue weighted by atomic mass is 127. The van der Waals surface area contributed by atoms with Gasteiger partial charge < -0.3 is 29.7 Å². The average Bonchev–Trinajstić information content (AvgIpc) is 2.90. The van der Waals surface area contributed by atoms with Crippen LogP contribution in [0.3, 0.4) is 0 Å². The first-order valence-corrected chi connectivity index (χ1v) is 7.46. The van der Waals surface area contributed by atoms with Gasteiger partial charge in [-0.3, -0.25) is 4.79 Å². The number of hydrogen-bond donors (Lipinski definition) is 2. The molecule has 0 aliphatic carbocycles. The van der Waals surface area contributed by atoms with E-state index in [1.54, 1.807) is 21.2 Å². The van der Waals surface area contributed by atoms with E-state index in [0.29, 0.717) is 45.3 Å². The molecule has 0 saturated carbocycles. The number of ether oxygens (including phenoxy) is 3. The Morgan fingerprint density at radius 1 is 1.26 bits per heavy atom. The number of rotatable bonds is 8. The van der Waals surface area contributed by atoms with E-state index >= 15 is 0 Å². The summed E-state index contributed by atoms with van der Waals surface area (Å²) in [5.74, 6) is -0.0134. The SMILES string of the molecule is COCCNC(=NCC(=O)N(C)C)NCCC1(C)OCCO1.I. The van der Waals surface area contributed by atoms with Gasteiger partial charge in [0.25, 0.3) is 0 Å². The molecule has 1 saturated heterocycles. The Morgan fingerprint density at radius 3 is 2.43 bits per heavy atom. The van der Waals surface area contributed by atoms with Crippen LogP contribution < -0.4 is 10.6 Å². The van der Waals surface area contributed by atoms with Gasteiger partial charge in [-0.05, 0) is 6.92 Å². The number of methoxy groups -OCH3 is 1. The van der Waals surface area contributed by atoms with Gasteiger partial charge in [-0.2, -0.15) is 0 Å². The monoisotopic (exact) mass is 444 g/mol. The summed E-state index contributed by atoms with van der Waals surface area (Å²) in [6, 6.07) is 0. The molecule has 2 N–H and O–H groups in total. The second-order valence-corrected chi connectivity index (χ2v) is 5.38. The average molecular weight is 444 g/mol. The number of nitrogens with zero attached hydrogens (tertiary/aromatic N) is 2. The van der Waals surface area contributed by atoms with E-state index in [0.717, 1.165) is 0 Å². The van der Waals surface area contributed by atoms with Crippen molar-refractivity contribution in [1.29, 1.82) is 0 Å². The van der Waals surface area contributed by atoms with Crippen LogP contribution in [-0.2, 0) is 19.0 Å². The highest BCUT2D eigenvalue weighted by Crippen LogP contribution is 2.21. The maximum Gasteiger partial charge on any atom is 0.243 e. The standard InChI is InChI=1S/C14H28N4O4.HI/c1-14(21-9-10-22-14)5-6-15-13(16-7-8-20-4)17-11-12(19)18(2)3;/h5-11H2,1-4H3,(H2,15,16,17);1H. The molecule has 0 atom stereocenters. The van der Waals surface area contributed by atoms with Crippen LogP contribution in [0, 0.1) is 0 Å². The van der Waals surface area contributed by atoms with Gasteiger partial charge in [0, 0.05) is 40.7 Å². The Balaban J connectivity index is 0.00000484. The third kappa shape index (κ3) is 9.28. The lowest BCUT2D eigenvalue weighted by atomic mass is 10.2. The van der Waals surface area contributed by atoms with Crippen LogP contribution in [-0.4, -0.2) is 83.2 Å². The largest absolute Gasteiger partial charge is 0.383 e. The number of amides is 1. The van der Waals surface area contributed by atoms with Gasteiger partial charge in [0.15, 0.2) is 11.7 Å². The number of carbonyl (C=O) groups excluding carboxylic acids is 1. The molecule has 0 spiro atoms. The highest BCUT2D eigenvalue weighted by molar-refractivity contribution is 14.0. The van der Waals surface area contributed by atoms with Gasteiger partial charge in [-0.15, -0.1) is 24.0 Å². The zero-order chi connectivity index (χ0) is 16.4. The number of carbonyl (C=O) groups is 1. The minimum absolute atomic E-state index is 0. The van der Waals surface area contributed by atoms with Gasteiger partial charge in [0.05, 0.1) is 19.8 Å². The van der Waals surface area contributed by atoms with Crippen molar-refractivity contribution in [2.75, 3.05) is 60.7 Å². The van der Waals surface area contributed by atoms with Crippen LogP contribution in [0.2, 0.25) is 0 Å². The molecule has 23 heavy (non-hydrogen) atoms. The van der Waals surface area contributed by atoms with E-state index in [9.17, 15) is 4.79 Å². The quantitative estimate of drug-likeness (QED) is 0.238. The molecule has 0 aromatic heterocycles. The van der Waals surface area contributed by atoms with E-state index in [1.165, 1.54) is 4.90 Å². The summed E-state index contributed by atoms with van der Waals surface area (Å²) in [5, 5.41) is 6.29. The summed E-state index contributed by atoms with van der Waals surface area (Å²) in [6.07, 6.45) is 0.694. The molecule has 0 radical (unpaired) electrons. The first-order chi connectivity index (χ1) is 10.5. The second kappa shape index (κ2) is 11.8. The van der Waals surface area contributed by atoms with E-state index < -0.39 is 5.79 Å². The fourth-order valence-corrected chi connectivity index (χ4v) is 1.84. The molecular weight excluding hydrogens is 415 g/mol. The molecule has 0 bridgehead atoms. The molecule has 0 unspecified atom stereocenters. The number of aliphatic imine (C=N–C) groups is 1. The van der Waals surface area contributed by atoms with Crippen molar-refractivity contribution in [3.63, 3.8) is 0 Å². The Kier molecular flexibility index (Phi) is 11.5. The number of hydrogen-bond acceptors (Lipinski definition) is 5. The maximum absolute atomic E-state index is 11.6. The predicted molar refractivity (Wildman–Crippen MR) is 99.2 cm³/mol. The van der Waals surface area contributed by atoms with Crippen LogP contribution in [0.5, 0.6) is 0 Å². The van der Waals surface area contributed by atoms with Crippen molar-refractivity contribution < 1.29 is 19.0 Å². The molecule has 1 amide bonds. The highest BCUT2D eigenvalue weighted by Gasteiger charge is 2.30. The lowest BCUT2D eigenvalue weighted by Gasteiger charge is -2.23. The summed E-state index contributed by atoms with van der Waals surface area (Å²) < 4.78 is 16.1. The molecule has 1 aliphatic rings. The Hall–Kier alpha value is -0.650. The van der Waals surface area contributed by atoms with Crippen molar-refractivity contribution in [3.8, 4) is 0 Å². The molecule has 0 aromatic carbocycles. The summed E-state index contributed by atoms with van der Waals surface area (Å²) in [6.45, 7) is 5.08. The second-order valence-electron chi connectivity index (χ2n) is 5.38. The van der Waals surface area contributed by atoms with Gasteiger partial charge >= 0.3 is 0 Å². The van der Waals surface area contributed by atoms with Crippen LogP contribution in [0.25, 0.3) is 0 Å². The Labute approximate surface area is 155 Å². The van der Waals surface area contributed by atoms with Gasteiger partial charge in [-0.25, -0.2) is 4.99 Å². The summed E-state index contributed by atoms with van der Waals surface area (Å²) in [7, 11) is 5.05. The third-order valence-corrected chi connectivity index (χ3v) is 3.24. The Bertz CT molecular complexity index is 374. The molecule has 1 heterocycles. The minimum atomic E-state index is -0.538. The third-order valence-electron chi connectivity index (χ3n) is 3.24. The van der Waals surface area contributed by atoms with Crippen molar-refractivity contribution in [3.05, 3.63) is 0 Å². The van der Waals surface area contributed by atoms with E-state index in [2.05, 4.69) is 15.6 Å². The molecule has 0 aromatic rings. The van der Waals surface area contributed by atoms with Gasteiger partial charge in [-0.1, -0.05) is 0 Å². The van der Waals surface area contributed by atoms with Crippen molar-refractivity contribution in [2.24, 2.45) is 4.99 Å². The van der Waals surface area contributed by atoms with Gasteiger partial charge in [0.2, 0.25) is 5.91 Å². The number of nitrogens with one attached hydrogen (secondary N) is 2. The molecule has 1 rings (SSSR count). The molecule has 9 heteroatoms. The van der Waals surface area contributed by atoms with Crippen molar-refractivity contribution >= 4 is 35.8 Å². The Morgan fingerprint density at radius 2 is 1.87 bits per heavy atom. The molecule has 1 aliphatic heterocycles. The van der Waals surface area contributed by atoms with E-state index in [4.69, 9.17) is 14.2 Å². The summed E-state index contributed by atoms with van der Waals surface area (Å²) in [4.78, 5) is 17.4. The number of likely N-dealkylation sites (N-methyl/N-ethyl adjacent to an activating group) is 1. The minimum Gasteiger partial charge on any atom is -0.383 e. The van der Waals surface area contributed by atoms with E-state index in [-0.39, 0.29) is 36.4 Å². The molecule has 8 nitrogen and oxygen atoms in total. The normalized spacial score (nSPS) is 16.6. The fourth-order valence-electron chi connectivity index (χ4n) is 1.84. The smallest absolute Gasteiger partial charge is 0.243 e. The maximum atomic E-state index is 11.6. The first-order valence-electron chi connectivity index (χ1n) is 7.46. The zero-order valence-electron chi connectivity index (χ0n) is 14.4. The fraction of sp³-hybridized carbons (Fsp3) is 0.857. The number of halogens is 1. The molecule has 136 valence electrons. The van der Waals surface area contributed by atoms with Crippen molar-refractivity contribution in [2.45, 2.75) is 19.1 Å². The summed E-state index contributed by atoms with van der Waals surface area (Å²) in [5.41, 5.74) is 0. The van der Waals surface area contributed by atoms with Crippen LogP contribution in [0.4, 0.5) is 0 Å². The van der Waals surface area contributed by atoms with Crippen LogP contribution >= 0.6 is 24.0 Å². The molecular formula is C14H29IN4O4. The number of guanidine groups is 1. The van der Waals surface area contributed by atoms with Gasteiger partial charge in [0.1, 0.15) is 6.54 Å². The van der Waals surface area contributed by atoms with Crippen LogP contribution in [0.1, 0.15) is 13.3 Å². The zero-order valence-corrected chi connectivity index (χ0v) is 16.7. The van der Waals surface area contributed by atoms with E-state index in [1.807, 2.05) is 6.92 Å². The summed E-state index contributed by atoms with van der Waals surface area (Å²) >= 11 is 0. The lowest BCUT2D eigenvalue weighted by Crippen LogP contribution is -2.42.